The van der Waals surface area contributed by atoms with Crippen LogP contribution in [0.15, 0.2) is 45.8 Å². The van der Waals surface area contributed by atoms with Crippen molar-refractivity contribution < 1.29 is 9.32 Å². The number of carbonyl (C=O) groups excluding carboxylic acids is 1. The van der Waals surface area contributed by atoms with E-state index in [9.17, 15) is 4.79 Å². The molecule has 7 nitrogen and oxygen atoms in total. The molecule has 3 rings (SSSR count). The van der Waals surface area contributed by atoms with Crippen molar-refractivity contribution in [3.8, 4) is 11.4 Å². The summed E-state index contributed by atoms with van der Waals surface area (Å²) in [6.07, 6.45) is 5.23. The van der Waals surface area contributed by atoms with E-state index in [2.05, 4.69) is 36.4 Å². The van der Waals surface area contributed by atoms with Crippen molar-refractivity contribution in [1.82, 2.24) is 25.0 Å². The fourth-order valence-electron chi connectivity index (χ4n) is 2.63. The number of nitrogens with zero attached hydrogens (tertiary/aromatic N) is 4. The Labute approximate surface area is 160 Å². The highest BCUT2D eigenvalue weighted by Crippen LogP contribution is 2.24. The predicted molar refractivity (Wildman–Crippen MR) is 100 cm³/mol. The molecule has 0 fully saturated rings. The first-order chi connectivity index (χ1) is 12.5. The van der Waals surface area contributed by atoms with Gasteiger partial charge in [-0.2, -0.15) is 4.98 Å². The van der Waals surface area contributed by atoms with Crippen LogP contribution in [0, 0.1) is 5.92 Å². The van der Waals surface area contributed by atoms with Crippen LogP contribution in [0.5, 0.6) is 0 Å². The third-order valence-corrected chi connectivity index (χ3v) is 4.45. The number of amides is 1. The predicted octanol–water partition coefficient (Wildman–Crippen LogP) is 3.84. The molecule has 26 heavy (non-hydrogen) atoms. The summed E-state index contributed by atoms with van der Waals surface area (Å²) in [6, 6.07) is 5.07. The van der Waals surface area contributed by atoms with Crippen LogP contribution in [0.25, 0.3) is 11.4 Å². The summed E-state index contributed by atoms with van der Waals surface area (Å²) in [5, 5.41) is 7.03. The summed E-state index contributed by atoms with van der Waals surface area (Å²) in [5.74, 6) is 0.723. The highest BCUT2D eigenvalue weighted by Gasteiger charge is 2.26. The lowest BCUT2D eigenvalue weighted by atomic mass is 10.0. The van der Waals surface area contributed by atoms with Crippen molar-refractivity contribution in [3.05, 3.63) is 52.8 Å². The third kappa shape index (κ3) is 3.85. The molecule has 1 atom stereocenters. The molecule has 0 aromatic carbocycles. The molecule has 0 spiro atoms. The normalized spacial score (nSPS) is 12.3. The van der Waals surface area contributed by atoms with Gasteiger partial charge in [-0.1, -0.05) is 19.0 Å². The number of hydrogen-bond acceptors (Lipinski definition) is 5. The zero-order valence-corrected chi connectivity index (χ0v) is 16.4. The minimum absolute atomic E-state index is 0.0784. The van der Waals surface area contributed by atoms with Gasteiger partial charge in [0.25, 0.3) is 5.91 Å². The Hall–Kier alpha value is -2.48. The minimum atomic E-state index is -0.389. The van der Waals surface area contributed by atoms with E-state index < -0.39 is 0 Å². The van der Waals surface area contributed by atoms with Crippen molar-refractivity contribution in [2.75, 3.05) is 0 Å². The average molecular weight is 418 g/mol. The van der Waals surface area contributed by atoms with Crippen LogP contribution in [0.1, 0.15) is 43.2 Å². The lowest BCUT2D eigenvalue weighted by molar-refractivity contribution is 0.0904. The Morgan fingerprint density at radius 1 is 1.42 bits per heavy atom. The van der Waals surface area contributed by atoms with E-state index in [4.69, 9.17) is 4.52 Å². The summed E-state index contributed by atoms with van der Waals surface area (Å²) in [7, 11) is 0. The van der Waals surface area contributed by atoms with Crippen molar-refractivity contribution >= 4 is 21.8 Å². The molecule has 136 valence electrons. The van der Waals surface area contributed by atoms with E-state index in [1.807, 2.05) is 43.7 Å². The quantitative estimate of drug-likeness (QED) is 0.658. The van der Waals surface area contributed by atoms with Gasteiger partial charge in [-0.25, -0.2) is 0 Å². The fraction of sp³-hybridized carbons (Fsp3) is 0.333. The van der Waals surface area contributed by atoms with Crippen molar-refractivity contribution in [2.24, 2.45) is 5.92 Å². The lowest BCUT2D eigenvalue weighted by Crippen LogP contribution is -2.33. The molecule has 1 unspecified atom stereocenters. The monoisotopic (exact) mass is 417 g/mol. The van der Waals surface area contributed by atoms with Crippen LogP contribution in [0.2, 0.25) is 0 Å². The van der Waals surface area contributed by atoms with Gasteiger partial charge in [0.05, 0.1) is 0 Å². The van der Waals surface area contributed by atoms with Gasteiger partial charge in [-0.15, -0.1) is 0 Å². The van der Waals surface area contributed by atoms with Gasteiger partial charge >= 0.3 is 0 Å². The van der Waals surface area contributed by atoms with E-state index in [0.29, 0.717) is 24.0 Å². The second-order valence-electron chi connectivity index (χ2n) is 6.22. The number of aromatic nitrogens is 4. The molecule has 3 aromatic rings. The topological polar surface area (TPSA) is 85.8 Å². The largest absolute Gasteiger partial charge is 0.343 e. The summed E-state index contributed by atoms with van der Waals surface area (Å²) in [4.78, 5) is 21.3. The van der Waals surface area contributed by atoms with Gasteiger partial charge in [0.2, 0.25) is 11.7 Å². The maximum absolute atomic E-state index is 12.8. The van der Waals surface area contributed by atoms with E-state index in [1.165, 1.54) is 0 Å². The molecule has 0 saturated heterocycles. The molecular weight excluding hydrogens is 398 g/mol. The smallest absolute Gasteiger partial charge is 0.268 e. The van der Waals surface area contributed by atoms with Crippen LogP contribution in [-0.4, -0.2) is 25.6 Å². The molecule has 0 saturated carbocycles. The number of rotatable bonds is 6. The van der Waals surface area contributed by atoms with Gasteiger partial charge in [-0.3, -0.25) is 9.78 Å². The van der Waals surface area contributed by atoms with Gasteiger partial charge < -0.3 is 14.4 Å². The van der Waals surface area contributed by atoms with E-state index in [0.717, 1.165) is 10.0 Å². The molecule has 0 bridgehead atoms. The SMILES string of the molecule is CCn1cc(Br)cc1C(=O)NC(c1nc(-c2cccnc2)no1)C(C)C. The lowest BCUT2D eigenvalue weighted by Gasteiger charge is -2.19. The minimum Gasteiger partial charge on any atom is -0.343 e. The Kier molecular flexibility index (Phi) is 5.51. The first-order valence-corrected chi connectivity index (χ1v) is 9.19. The van der Waals surface area contributed by atoms with Crippen LogP contribution in [-0.2, 0) is 6.54 Å². The van der Waals surface area contributed by atoms with Gasteiger partial charge in [-0.05, 0) is 47.0 Å². The van der Waals surface area contributed by atoms with Crippen LogP contribution < -0.4 is 5.32 Å². The second-order valence-corrected chi connectivity index (χ2v) is 7.14. The molecule has 3 heterocycles. The van der Waals surface area contributed by atoms with Crippen LogP contribution in [0.3, 0.4) is 0 Å². The number of aryl methyl sites for hydroxylation is 1. The molecule has 0 aliphatic carbocycles. The molecular formula is C18H20BrN5O2. The van der Waals surface area contributed by atoms with Gasteiger partial charge in [0, 0.05) is 35.2 Å². The summed E-state index contributed by atoms with van der Waals surface area (Å²) in [6.45, 7) is 6.68. The maximum Gasteiger partial charge on any atom is 0.268 e. The number of nitrogens with one attached hydrogen (secondary N) is 1. The number of hydrogen-bond donors (Lipinski definition) is 1. The highest BCUT2D eigenvalue weighted by molar-refractivity contribution is 9.10. The Bertz CT molecular complexity index is 888. The average Bonchev–Trinajstić information content (AvgIpc) is 3.26. The molecule has 8 heteroatoms. The highest BCUT2D eigenvalue weighted by atomic mass is 79.9. The first-order valence-electron chi connectivity index (χ1n) is 8.40. The Morgan fingerprint density at radius 2 is 2.23 bits per heavy atom. The molecule has 0 radical (unpaired) electrons. The fourth-order valence-corrected chi connectivity index (χ4v) is 3.09. The third-order valence-electron chi connectivity index (χ3n) is 4.02. The first kappa shape index (κ1) is 18.3. The number of carbonyl (C=O) groups is 1. The Balaban J connectivity index is 1.84. The van der Waals surface area contributed by atoms with E-state index >= 15 is 0 Å². The van der Waals surface area contributed by atoms with Crippen molar-refractivity contribution in [2.45, 2.75) is 33.4 Å². The zero-order chi connectivity index (χ0) is 18.7. The molecule has 0 aliphatic heterocycles. The molecule has 1 amide bonds. The number of pyridine rings is 1. The van der Waals surface area contributed by atoms with Crippen molar-refractivity contribution in [3.63, 3.8) is 0 Å². The van der Waals surface area contributed by atoms with Crippen molar-refractivity contribution in [1.29, 1.82) is 0 Å². The van der Waals surface area contributed by atoms with Crippen LogP contribution >= 0.6 is 15.9 Å². The summed E-state index contributed by atoms with van der Waals surface area (Å²) >= 11 is 3.41. The van der Waals surface area contributed by atoms with Crippen LogP contribution in [0.4, 0.5) is 0 Å². The number of halogens is 1. The van der Waals surface area contributed by atoms with Gasteiger partial charge in [0.1, 0.15) is 11.7 Å². The molecule has 1 N–H and O–H groups in total. The molecule has 3 aromatic heterocycles. The second kappa shape index (κ2) is 7.82. The summed E-state index contributed by atoms with van der Waals surface area (Å²) in [5.41, 5.74) is 1.34. The summed E-state index contributed by atoms with van der Waals surface area (Å²) < 4.78 is 8.17. The Morgan fingerprint density at radius 3 is 2.88 bits per heavy atom. The molecule has 0 aliphatic rings. The van der Waals surface area contributed by atoms with E-state index in [1.54, 1.807) is 18.5 Å². The standard InChI is InChI=1S/C18H20BrN5O2/c1-4-24-10-13(19)8-14(24)17(25)21-15(11(2)3)18-22-16(23-26-18)12-6-5-7-20-9-12/h5-11,15H,4H2,1-3H3,(H,21,25). The van der Waals surface area contributed by atoms with Gasteiger partial charge in [0.15, 0.2) is 0 Å². The maximum atomic E-state index is 12.8. The van der Waals surface area contributed by atoms with E-state index in [-0.39, 0.29) is 17.9 Å². The zero-order valence-electron chi connectivity index (χ0n) is 14.8.